The molecule has 5 heteroatoms. The predicted molar refractivity (Wildman–Crippen MR) is 168 cm³/mol. The number of para-hydroxylation sites is 1. The van der Waals surface area contributed by atoms with Gasteiger partial charge in [-0.3, -0.25) is 19.2 Å². The minimum Gasteiger partial charge on any atom is -0.427 e. The first kappa shape index (κ1) is 30.8. The molecular weight excluding hydrogens is 536 g/mol. The molecule has 0 bridgehead atoms. The summed E-state index contributed by atoms with van der Waals surface area (Å²) in [5.74, 6) is 0.0268. The summed E-state index contributed by atoms with van der Waals surface area (Å²) in [5.41, 5.74) is 5.73. The molecule has 0 saturated carbocycles. The number of hydrogen-bond acceptors (Lipinski definition) is 5. The molecule has 2 aromatic carbocycles. The molecule has 0 spiro atoms. The molecule has 0 aliphatic heterocycles. The SMILES string of the molecule is CC(=O)C1=C(C)CC2(C)CC3(C)Cc4c(C(C)C)cc(CCC(=O)Oc5ccccc5)c(C)c4C(=O)C3=C(C)C2(C)C1=O. The lowest BCUT2D eigenvalue weighted by atomic mass is 9.42. The topological polar surface area (TPSA) is 77.5 Å². The minimum atomic E-state index is -0.941. The van der Waals surface area contributed by atoms with Crippen molar-refractivity contribution < 1.29 is 23.9 Å². The van der Waals surface area contributed by atoms with Crippen molar-refractivity contribution in [3.63, 3.8) is 0 Å². The molecule has 43 heavy (non-hydrogen) atoms. The van der Waals surface area contributed by atoms with E-state index < -0.39 is 16.2 Å². The largest absolute Gasteiger partial charge is 0.427 e. The molecule has 0 aromatic heterocycles. The summed E-state index contributed by atoms with van der Waals surface area (Å²) in [6, 6.07) is 11.2. The van der Waals surface area contributed by atoms with Crippen LogP contribution in [0, 0.1) is 23.2 Å². The maximum absolute atomic E-state index is 14.8. The van der Waals surface area contributed by atoms with Gasteiger partial charge in [-0.15, -0.1) is 0 Å². The third-order valence-electron chi connectivity index (χ3n) is 10.9. The molecule has 0 N–H and O–H groups in total. The van der Waals surface area contributed by atoms with Crippen molar-refractivity contribution >= 4 is 23.3 Å². The second-order valence-corrected chi connectivity index (χ2v) is 14.2. The normalized spacial score (nSPS) is 26.7. The van der Waals surface area contributed by atoms with Gasteiger partial charge in [-0.2, -0.15) is 0 Å². The monoisotopic (exact) mass is 580 g/mol. The van der Waals surface area contributed by atoms with E-state index in [1.165, 1.54) is 6.92 Å². The summed E-state index contributed by atoms with van der Waals surface area (Å²) in [4.78, 5) is 54.3. The fourth-order valence-corrected chi connectivity index (χ4v) is 8.75. The average molecular weight is 581 g/mol. The van der Waals surface area contributed by atoms with Crippen molar-refractivity contribution in [1.82, 2.24) is 0 Å². The number of allylic oxidation sites excluding steroid dienone is 4. The van der Waals surface area contributed by atoms with Crippen molar-refractivity contribution in [2.45, 2.75) is 100 Å². The van der Waals surface area contributed by atoms with Crippen molar-refractivity contribution in [2.24, 2.45) is 16.2 Å². The van der Waals surface area contributed by atoms with Crippen LogP contribution in [-0.2, 0) is 27.2 Å². The maximum atomic E-state index is 14.8. The van der Waals surface area contributed by atoms with Crippen molar-refractivity contribution in [3.05, 3.63) is 86.5 Å². The number of Topliss-reactive ketones (excluding diaryl/α,β-unsaturated/α-hetero) is 3. The van der Waals surface area contributed by atoms with Crippen LogP contribution in [0.25, 0.3) is 0 Å². The molecule has 0 heterocycles. The molecule has 5 rings (SSSR count). The lowest BCUT2D eigenvalue weighted by Crippen LogP contribution is -2.57. The van der Waals surface area contributed by atoms with Gasteiger partial charge in [-0.1, -0.05) is 63.1 Å². The molecule has 3 unspecified atom stereocenters. The highest BCUT2D eigenvalue weighted by Gasteiger charge is 2.63. The van der Waals surface area contributed by atoms with Crippen LogP contribution in [0.15, 0.2) is 58.7 Å². The van der Waals surface area contributed by atoms with Crippen LogP contribution in [0.3, 0.4) is 0 Å². The van der Waals surface area contributed by atoms with Gasteiger partial charge in [0, 0.05) is 23.0 Å². The Bertz CT molecular complexity index is 1640. The van der Waals surface area contributed by atoms with Gasteiger partial charge in [0.1, 0.15) is 5.75 Å². The minimum absolute atomic E-state index is 0.0129. The number of ether oxygens (including phenoxy) is 1. The fraction of sp³-hybridized carbons (Fsp3) is 0.474. The van der Waals surface area contributed by atoms with Gasteiger partial charge >= 0.3 is 5.97 Å². The summed E-state index contributed by atoms with van der Waals surface area (Å²) in [6.07, 6.45) is 2.72. The highest BCUT2D eigenvalue weighted by molar-refractivity contribution is 6.24. The molecule has 3 aliphatic rings. The summed E-state index contributed by atoms with van der Waals surface area (Å²) < 4.78 is 5.53. The van der Waals surface area contributed by atoms with Crippen molar-refractivity contribution in [1.29, 1.82) is 0 Å². The van der Waals surface area contributed by atoms with Gasteiger partial charge in [0.05, 0.1) is 11.0 Å². The van der Waals surface area contributed by atoms with E-state index >= 15 is 0 Å². The molecule has 2 aromatic rings. The maximum Gasteiger partial charge on any atom is 0.311 e. The zero-order chi connectivity index (χ0) is 31.6. The predicted octanol–water partition coefficient (Wildman–Crippen LogP) is 8.01. The number of esters is 1. The van der Waals surface area contributed by atoms with E-state index in [-0.39, 0.29) is 35.7 Å². The van der Waals surface area contributed by atoms with Crippen LogP contribution in [0.5, 0.6) is 5.75 Å². The van der Waals surface area contributed by atoms with E-state index in [1.54, 1.807) is 12.1 Å². The Balaban J connectivity index is 1.60. The van der Waals surface area contributed by atoms with Gasteiger partial charge in [0.15, 0.2) is 17.3 Å². The Hall–Kier alpha value is -3.60. The molecule has 0 amide bonds. The third kappa shape index (κ3) is 4.67. The van der Waals surface area contributed by atoms with E-state index in [2.05, 4.69) is 33.8 Å². The molecule has 5 nitrogen and oxygen atoms in total. The Morgan fingerprint density at radius 2 is 1.63 bits per heavy atom. The molecule has 3 atom stereocenters. The zero-order valence-corrected chi connectivity index (χ0v) is 27.1. The van der Waals surface area contributed by atoms with E-state index in [1.807, 2.05) is 45.9 Å². The second kappa shape index (κ2) is 10.5. The number of carbonyl (C=O) groups excluding carboxylic acids is 4. The number of aryl methyl sites for hydroxylation is 1. The second-order valence-electron chi connectivity index (χ2n) is 14.2. The molecular formula is C38H44O5. The first-order valence-electron chi connectivity index (χ1n) is 15.5. The third-order valence-corrected chi connectivity index (χ3v) is 10.9. The summed E-state index contributed by atoms with van der Waals surface area (Å²) in [7, 11) is 0. The lowest BCUT2D eigenvalue weighted by molar-refractivity contribution is -0.135. The number of fused-ring (bicyclic) bond motifs is 3. The Kier molecular flexibility index (Phi) is 7.56. The first-order valence-corrected chi connectivity index (χ1v) is 15.5. The summed E-state index contributed by atoms with van der Waals surface area (Å²) in [6.45, 7) is 17.9. The van der Waals surface area contributed by atoms with Gasteiger partial charge in [0.2, 0.25) is 0 Å². The van der Waals surface area contributed by atoms with Gasteiger partial charge < -0.3 is 4.74 Å². The van der Waals surface area contributed by atoms with Crippen LogP contribution in [-0.4, -0.2) is 23.3 Å². The van der Waals surface area contributed by atoms with Crippen LogP contribution in [0.2, 0.25) is 0 Å². The van der Waals surface area contributed by atoms with E-state index in [0.717, 1.165) is 44.5 Å². The van der Waals surface area contributed by atoms with Crippen LogP contribution < -0.4 is 4.74 Å². The van der Waals surface area contributed by atoms with Crippen LogP contribution in [0.4, 0.5) is 0 Å². The first-order chi connectivity index (χ1) is 20.1. The quantitative estimate of drug-likeness (QED) is 0.196. The summed E-state index contributed by atoms with van der Waals surface area (Å²) in [5, 5.41) is 0. The van der Waals surface area contributed by atoms with Crippen molar-refractivity contribution in [2.75, 3.05) is 0 Å². The molecule has 0 fully saturated rings. The van der Waals surface area contributed by atoms with Gasteiger partial charge in [-0.25, -0.2) is 0 Å². The Labute approximate surface area is 255 Å². The van der Waals surface area contributed by atoms with Gasteiger partial charge in [0.25, 0.3) is 0 Å². The molecule has 3 aliphatic carbocycles. The van der Waals surface area contributed by atoms with Crippen LogP contribution in [0.1, 0.15) is 113 Å². The summed E-state index contributed by atoms with van der Waals surface area (Å²) >= 11 is 0. The Morgan fingerprint density at radius 3 is 2.23 bits per heavy atom. The standard InChI is InChI=1S/C38H44O5/c1-21(2)28-17-26(15-16-30(40)43-27-13-11-10-12-14-27)23(4)32-29(28)19-36(7)20-37(8)18-22(3)31(25(6)39)35(42)38(37,9)24(5)33(36)34(32)41/h10-14,17,21H,15-16,18-20H2,1-9H3. The van der Waals surface area contributed by atoms with E-state index in [9.17, 15) is 19.2 Å². The number of benzene rings is 2. The number of ketones is 3. The van der Waals surface area contributed by atoms with Gasteiger partial charge in [-0.05, 0) is 106 Å². The molecule has 0 saturated heterocycles. The highest BCUT2D eigenvalue weighted by atomic mass is 16.5. The molecule has 226 valence electrons. The fourth-order valence-electron chi connectivity index (χ4n) is 8.75. The zero-order valence-electron chi connectivity index (χ0n) is 27.1. The Morgan fingerprint density at radius 1 is 0.977 bits per heavy atom. The van der Waals surface area contributed by atoms with E-state index in [4.69, 9.17) is 4.74 Å². The molecule has 0 radical (unpaired) electrons. The average Bonchev–Trinajstić information content (AvgIpc) is 2.90. The number of hydrogen-bond donors (Lipinski definition) is 0. The number of carbonyl (C=O) groups is 4. The number of rotatable bonds is 6. The van der Waals surface area contributed by atoms with Crippen LogP contribution >= 0.6 is 0 Å². The van der Waals surface area contributed by atoms with Crippen molar-refractivity contribution in [3.8, 4) is 5.75 Å². The smallest absolute Gasteiger partial charge is 0.311 e. The lowest BCUT2D eigenvalue weighted by Gasteiger charge is -2.59. The van der Waals surface area contributed by atoms with E-state index in [0.29, 0.717) is 37.0 Å². The highest BCUT2D eigenvalue weighted by Crippen LogP contribution is 2.66.